The molecule has 29 heavy (non-hydrogen) atoms. The van der Waals surface area contributed by atoms with Crippen molar-refractivity contribution in [3.8, 4) is 11.5 Å². The second-order valence-electron chi connectivity index (χ2n) is 6.46. The Morgan fingerprint density at radius 1 is 1.14 bits per heavy atom. The van der Waals surface area contributed by atoms with E-state index in [-0.39, 0.29) is 17.7 Å². The van der Waals surface area contributed by atoms with Gasteiger partial charge in [0.1, 0.15) is 7.11 Å². The van der Waals surface area contributed by atoms with Gasteiger partial charge in [-0.2, -0.15) is 0 Å². The SMILES string of the molecule is CCC(C)Oc1ccc(CCNC(=O)C(=NOC)c2ccc(Cl)cc2)cc1OC. The fraction of sp³-hybridized carbons (Fsp3) is 0.364. The van der Waals surface area contributed by atoms with Crippen molar-refractivity contribution in [1.29, 1.82) is 0 Å². The molecule has 156 valence electrons. The molecule has 0 saturated heterocycles. The molecule has 2 aromatic rings. The zero-order valence-corrected chi connectivity index (χ0v) is 18.0. The van der Waals surface area contributed by atoms with Crippen LogP contribution in [0.4, 0.5) is 0 Å². The van der Waals surface area contributed by atoms with Crippen LogP contribution >= 0.6 is 11.6 Å². The molecule has 6 nitrogen and oxygen atoms in total. The molecule has 0 radical (unpaired) electrons. The number of oxime groups is 1. The highest BCUT2D eigenvalue weighted by Gasteiger charge is 2.15. The van der Waals surface area contributed by atoms with Crippen LogP contribution in [-0.4, -0.2) is 38.5 Å². The van der Waals surface area contributed by atoms with Crippen LogP contribution in [0, 0.1) is 0 Å². The average molecular weight is 419 g/mol. The van der Waals surface area contributed by atoms with Gasteiger partial charge in [0, 0.05) is 17.1 Å². The van der Waals surface area contributed by atoms with Crippen molar-refractivity contribution < 1.29 is 19.1 Å². The molecule has 0 bridgehead atoms. The molecule has 1 unspecified atom stereocenters. The van der Waals surface area contributed by atoms with E-state index in [1.807, 2.05) is 25.1 Å². The lowest BCUT2D eigenvalue weighted by molar-refractivity contribution is -0.114. The zero-order valence-electron chi connectivity index (χ0n) is 17.2. The first-order valence-electron chi connectivity index (χ1n) is 9.47. The van der Waals surface area contributed by atoms with Crippen molar-refractivity contribution >= 4 is 23.2 Å². The molecular weight excluding hydrogens is 392 g/mol. The van der Waals surface area contributed by atoms with Gasteiger partial charge in [-0.3, -0.25) is 4.79 Å². The number of carbonyl (C=O) groups is 1. The van der Waals surface area contributed by atoms with E-state index < -0.39 is 0 Å². The van der Waals surface area contributed by atoms with Crippen molar-refractivity contribution in [2.45, 2.75) is 32.8 Å². The van der Waals surface area contributed by atoms with Crippen molar-refractivity contribution in [2.75, 3.05) is 20.8 Å². The first kappa shape index (κ1) is 22.6. The summed E-state index contributed by atoms with van der Waals surface area (Å²) in [5.41, 5.74) is 1.84. The fourth-order valence-electron chi connectivity index (χ4n) is 2.59. The zero-order chi connectivity index (χ0) is 21.2. The molecule has 1 atom stereocenters. The number of hydrogen-bond acceptors (Lipinski definition) is 5. The summed E-state index contributed by atoms with van der Waals surface area (Å²) in [6.07, 6.45) is 1.66. The number of amides is 1. The molecule has 0 aliphatic carbocycles. The standard InChI is InChI=1S/C22H27ClN2O4/c1-5-15(2)29-19-11-6-16(14-20(19)27-3)12-13-24-22(26)21(25-28-4)17-7-9-18(23)10-8-17/h6-11,14-15H,5,12-13H2,1-4H3,(H,24,26). The largest absolute Gasteiger partial charge is 0.493 e. The topological polar surface area (TPSA) is 69.2 Å². The van der Waals surface area contributed by atoms with Crippen LogP contribution in [0.3, 0.4) is 0 Å². The number of rotatable bonds is 10. The fourth-order valence-corrected chi connectivity index (χ4v) is 2.72. The predicted octanol–water partition coefficient (Wildman–Crippen LogP) is 4.24. The number of nitrogens with one attached hydrogen (secondary N) is 1. The maximum absolute atomic E-state index is 12.5. The van der Waals surface area contributed by atoms with Crippen molar-refractivity contribution in [3.05, 3.63) is 58.6 Å². The number of carbonyl (C=O) groups excluding carboxylic acids is 1. The van der Waals surface area contributed by atoms with E-state index >= 15 is 0 Å². The molecule has 0 saturated carbocycles. The summed E-state index contributed by atoms with van der Waals surface area (Å²) in [5.74, 6) is 1.07. The third kappa shape index (κ3) is 6.68. The van der Waals surface area contributed by atoms with E-state index in [9.17, 15) is 4.79 Å². The predicted molar refractivity (Wildman–Crippen MR) is 115 cm³/mol. The molecule has 2 aromatic carbocycles. The van der Waals surface area contributed by atoms with Crippen LogP contribution in [0.15, 0.2) is 47.6 Å². The maximum Gasteiger partial charge on any atom is 0.273 e. The van der Waals surface area contributed by atoms with Crippen LogP contribution in [0.5, 0.6) is 11.5 Å². The van der Waals surface area contributed by atoms with E-state index in [2.05, 4.69) is 17.4 Å². The van der Waals surface area contributed by atoms with Gasteiger partial charge < -0.3 is 19.6 Å². The number of halogens is 1. The Morgan fingerprint density at radius 3 is 2.48 bits per heavy atom. The summed E-state index contributed by atoms with van der Waals surface area (Å²) in [6.45, 7) is 4.52. The van der Waals surface area contributed by atoms with Gasteiger partial charge in [0.25, 0.3) is 5.91 Å². The van der Waals surface area contributed by atoms with E-state index in [1.54, 1.807) is 31.4 Å². The Balaban J connectivity index is 1.99. The summed E-state index contributed by atoms with van der Waals surface area (Å²) in [5, 5.41) is 7.30. The number of benzene rings is 2. The molecule has 0 aromatic heterocycles. The second kappa shape index (κ2) is 11.3. The van der Waals surface area contributed by atoms with Crippen molar-refractivity contribution in [2.24, 2.45) is 5.16 Å². The van der Waals surface area contributed by atoms with Gasteiger partial charge in [0.15, 0.2) is 17.2 Å². The summed E-state index contributed by atoms with van der Waals surface area (Å²) >= 11 is 5.91. The Kier molecular flexibility index (Phi) is 8.80. The summed E-state index contributed by atoms with van der Waals surface area (Å²) in [4.78, 5) is 17.4. The van der Waals surface area contributed by atoms with Gasteiger partial charge in [-0.15, -0.1) is 0 Å². The first-order chi connectivity index (χ1) is 14.0. The van der Waals surface area contributed by atoms with Crippen LogP contribution < -0.4 is 14.8 Å². The number of methoxy groups -OCH3 is 1. The summed E-state index contributed by atoms with van der Waals surface area (Å²) in [6, 6.07) is 12.6. The molecule has 0 spiro atoms. The lowest BCUT2D eigenvalue weighted by Gasteiger charge is -2.16. The molecule has 1 amide bonds. The Morgan fingerprint density at radius 2 is 1.86 bits per heavy atom. The van der Waals surface area contributed by atoms with Gasteiger partial charge in [0.2, 0.25) is 0 Å². The maximum atomic E-state index is 12.5. The van der Waals surface area contributed by atoms with Gasteiger partial charge in [-0.25, -0.2) is 0 Å². The highest BCUT2D eigenvalue weighted by Crippen LogP contribution is 2.29. The monoisotopic (exact) mass is 418 g/mol. The van der Waals surface area contributed by atoms with Gasteiger partial charge in [-0.1, -0.05) is 41.9 Å². The third-order valence-electron chi connectivity index (χ3n) is 4.35. The minimum atomic E-state index is -0.321. The van der Waals surface area contributed by atoms with E-state index in [0.717, 1.165) is 12.0 Å². The molecule has 0 aliphatic rings. The van der Waals surface area contributed by atoms with Crippen LogP contribution in [0.1, 0.15) is 31.4 Å². The normalized spacial score (nSPS) is 12.2. The van der Waals surface area contributed by atoms with Crippen LogP contribution in [-0.2, 0) is 16.1 Å². The summed E-state index contributed by atoms with van der Waals surface area (Å²) < 4.78 is 11.3. The lowest BCUT2D eigenvalue weighted by Crippen LogP contribution is -2.33. The molecule has 0 fully saturated rings. The molecule has 7 heteroatoms. The van der Waals surface area contributed by atoms with Crippen molar-refractivity contribution in [3.63, 3.8) is 0 Å². The van der Waals surface area contributed by atoms with Gasteiger partial charge >= 0.3 is 0 Å². The minimum absolute atomic E-state index is 0.111. The molecule has 0 heterocycles. The smallest absolute Gasteiger partial charge is 0.273 e. The third-order valence-corrected chi connectivity index (χ3v) is 4.60. The van der Waals surface area contributed by atoms with Gasteiger partial charge in [0.05, 0.1) is 13.2 Å². The minimum Gasteiger partial charge on any atom is -0.493 e. The van der Waals surface area contributed by atoms with Crippen LogP contribution in [0.2, 0.25) is 5.02 Å². The molecule has 0 aliphatic heterocycles. The van der Waals surface area contributed by atoms with Crippen LogP contribution in [0.25, 0.3) is 0 Å². The summed E-state index contributed by atoms with van der Waals surface area (Å²) in [7, 11) is 3.02. The van der Waals surface area contributed by atoms with E-state index in [0.29, 0.717) is 35.1 Å². The average Bonchev–Trinajstić information content (AvgIpc) is 2.73. The Labute approximate surface area is 176 Å². The first-order valence-corrected chi connectivity index (χ1v) is 9.85. The Bertz CT molecular complexity index is 837. The highest BCUT2D eigenvalue weighted by molar-refractivity contribution is 6.45. The number of ether oxygens (including phenoxy) is 2. The number of nitrogens with zero attached hydrogens (tertiary/aromatic N) is 1. The Hall–Kier alpha value is -2.73. The van der Waals surface area contributed by atoms with Crippen molar-refractivity contribution in [1.82, 2.24) is 5.32 Å². The van der Waals surface area contributed by atoms with E-state index in [1.165, 1.54) is 7.11 Å². The molecule has 2 rings (SSSR count). The van der Waals surface area contributed by atoms with E-state index in [4.69, 9.17) is 25.9 Å². The molecule has 1 N–H and O–H groups in total. The molecular formula is C22H27ClN2O4. The quantitative estimate of drug-likeness (QED) is 0.463. The number of hydrogen-bond donors (Lipinski definition) is 1. The second-order valence-corrected chi connectivity index (χ2v) is 6.89. The van der Waals surface area contributed by atoms with Gasteiger partial charge in [-0.05, 0) is 49.6 Å². The highest BCUT2D eigenvalue weighted by atomic mass is 35.5. The lowest BCUT2D eigenvalue weighted by atomic mass is 10.1.